The number of hydrogen-bond donors (Lipinski definition) is 2. The van der Waals surface area contributed by atoms with Gasteiger partial charge in [0.05, 0.1) is 6.10 Å². The molecule has 2 fully saturated rings. The molecule has 1 amide bonds. The molecule has 2 aliphatic rings. The fraction of sp³-hybridized carbons (Fsp3) is 0.545. The molecule has 1 atom stereocenters. The molecule has 2 N–H and O–H groups in total. The van der Waals surface area contributed by atoms with E-state index in [2.05, 4.69) is 5.32 Å². The molecule has 3 heterocycles. The number of piperidine rings is 2. The van der Waals surface area contributed by atoms with Gasteiger partial charge >= 0.3 is 5.63 Å². The van der Waals surface area contributed by atoms with Gasteiger partial charge in [-0.2, -0.15) is 0 Å². The molecule has 7 nitrogen and oxygen atoms in total. The number of benzene rings is 1. The zero-order valence-electron chi connectivity index (χ0n) is 16.8. The van der Waals surface area contributed by atoms with E-state index in [-0.39, 0.29) is 17.9 Å². The van der Waals surface area contributed by atoms with Gasteiger partial charge in [0.25, 0.3) is 5.91 Å². The third-order valence-electron chi connectivity index (χ3n) is 6.19. The minimum Gasteiger partial charge on any atom is -0.484 e. The number of β-amino-alcohol motifs (C(OH)–C–C–N with tert-alkyl or cyclic N) is 1. The lowest BCUT2D eigenvalue weighted by Gasteiger charge is -2.47. The van der Waals surface area contributed by atoms with Gasteiger partial charge in [0, 0.05) is 30.6 Å². The Morgan fingerprint density at radius 2 is 2.14 bits per heavy atom. The molecule has 2 saturated heterocycles. The summed E-state index contributed by atoms with van der Waals surface area (Å²) in [5, 5.41) is 14.5. The van der Waals surface area contributed by atoms with Crippen LogP contribution < -0.4 is 15.7 Å². The molecule has 1 aromatic heterocycles. The lowest BCUT2D eigenvalue weighted by Crippen LogP contribution is -2.55. The maximum Gasteiger partial charge on any atom is 0.336 e. The highest BCUT2D eigenvalue weighted by Crippen LogP contribution is 2.38. The second-order valence-corrected chi connectivity index (χ2v) is 8.27. The summed E-state index contributed by atoms with van der Waals surface area (Å²) in [6, 6.07) is 6.80. The summed E-state index contributed by atoms with van der Waals surface area (Å²) in [5.41, 5.74) is 0.994. The lowest BCUT2D eigenvalue weighted by atomic mass is 9.72. The molecule has 4 rings (SSSR count). The van der Waals surface area contributed by atoms with Crippen LogP contribution in [0.4, 0.5) is 0 Å². The van der Waals surface area contributed by atoms with Crippen LogP contribution in [0.25, 0.3) is 11.0 Å². The SMILES string of the molecule is CCc1cc(=O)oc2cc(OCC(=O)N3CC(O)CC4(CCNCC4)C3)ccc12. The van der Waals surface area contributed by atoms with Gasteiger partial charge < -0.3 is 24.5 Å². The summed E-state index contributed by atoms with van der Waals surface area (Å²) in [5.74, 6) is 0.349. The molecule has 2 aromatic rings. The van der Waals surface area contributed by atoms with Gasteiger partial charge in [-0.3, -0.25) is 4.79 Å². The molecule has 0 bridgehead atoms. The molecule has 1 aromatic carbocycles. The molecular weight excluding hydrogens is 372 g/mol. The maximum absolute atomic E-state index is 12.8. The quantitative estimate of drug-likeness (QED) is 0.759. The van der Waals surface area contributed by atoms with Gasteiger partial charge in [-0.25, -0.2) is 4.79 Å². The highest BCUT2D eigenvalue weighted by atomic mass is 16.5. The van der Waals surface area contributed by atoms with E-state index in [1.54, 1.807) is 17.0 Å². The van der Waals surface area contributed by atoms with Crippen molar-refractivity contribution in [2.45, 2.75) is 38.7 Å². The van der Waals surface area contributed by atoms with Crippen LogP contribution in [0.2, 0.25) is 0 Å². The Morgan fingerprint density at radius 3 is 2.90 bits per heavy atom. The molecule has 0 saturated carbocycles. The summed E-state index contributed by atoms with van der Waals surface area (Å²) < 4.78 is 11.0. The normalized spacial score (nSPS) is 21.4. The van der Waals surface area contributed by atoms with Gasteiger partial charge in [-0.15, -0.1) is 0 Å². The largest absolute Gasteiger partial charge is 0.484 e. The minimum atomic E-state index is -0.492. The Bertz CT molecular complexity index is 948. The van der Waals surface area contributed by atoms with Crippen molar-refractivity contribution in [3.05, 3.63) is 40.2 Å². The van der Waals surface area contributed by atoms with E-state index in [0.29, 0.717) is 24.4 Å². The number of rotatable bonds is 4. The van der Waals surface area contributed by atoms with Gasteiger partial charge in [0.2, 0.25) is 0 Å². The molecule has 1 spiro atoms. The van der Waals surface area contributed by atoms with Gasteiger partial charge in [-0.05, 0) is 61.9 Å². The second kappa shape index (κ2) is 8.16. The Kier molecular flexibility index (Phi) is 5.61. The number of aliphatic hydroxyl groups excluding tert-OH is 1. The van der Waals surface area contributed by atoms with Crippen LogP contribution in [0.15, 0.2) is 33.5 Å². The van der Waals surface area contributed by atoms with Crippen LogP contribution in [0.1, 0.15) is 31.7 Å². The fourth-order valence-electron chi connectivity index (χ4n) is 4.69. The van der Waals surface area contributed by atoms with E-state index in [4.69, 9.17) is 9.15 Å². The first kappa shape index (κ1) is 19.9. The highest BCUT2D eigenvalue weighted by molar-refractivity contribution is 5.82. The van der Waals surface area contributed by atoms with Crippen molar-refractivity contribution in [3.8, 4) is 5.75 Å². The number of hydrogen-bond acceptors (Lipinski definition) is 6. The molecule has 7 heteroatoms. The number of aliphatic hydroxyl groups is 1. The van der Waals surface area contributed by atoms with Crippen molar-refractivity contribution in [2.75, 3.05) is 32.8 Å². The predicted molar refractivity (Wildman–Crippen MR) is 109 cm³/mol. The molecule has 0 radical (unpaired) electrons. The third kappa shape index (κ3) is 4.31. The first-order valence-electron chi connectivity index (χ1n) is 10.3. The number of aryl methyl sites for hydroxylation is 1. The summed E-state index contributed by atoms with van der Waals surface area (Å²) in [6.45, 7) is 4.74. The van der Waals surface area contributed by atoms with E-state index in [0.717, 1.165) is 49.7 Å². The smallest absolute Gasteiger partial charge is 0.336 e. The van der Waals surface area contributed by atoms with Crippen molar-refractivity contribution in [1.29, 1.82) is 0 Å². The third-order valence-corrected chi connectivity index (χ3v) is 6.19. The van der Waals surface area contributed by atoms with Crippen LogP contribution in [-0.4, -0.2) is 54.8 Å². The number of fused-ring (bicyclic) bond motifs is 1. The number of nitrogens with zero attached hydrogens (tertiary/aromatic N) is 1. The zero-order chi connectivity index (χ0) is 20.4. The van der Waals surface area contributed by atoms with E-state index < -0.39 is 11.7 Å². The Balaban J connectivity index is 1.44. The van der Waals surface area contributed by atoms with Gasteiger partial charge in [0.15, 0.2) is 6.61 Å². The van der Waals surface area contributed by atoms with E-state index in [1.165, 1.54) is 6.07 Å². The van der Waals surface area contributed by atoms with Crippen molar-refractivity contribution in [2.24, 2.45) is 5.41 Å². The van der Waals surface area contributed by atoms with Gasteiger partial charge in [0.1, 0.15) is 11.3 Å². The highest BCUT2D eigenvalue weighted by Gasteiger charge is 2.41. The number of ether oxygens (including phenoxy) is 1. The number of carbonyl (C=O) groups excluding carboxylic acids is 1. The molecule has 1 unspecified atom stereocenters. The van der Waals surface area contributed by atoms with Crippen LogP contribution in [0.3, 0.4) is 0 Å². The fourth-order valence-corrected chi connectivity index (χ4v) is 4.69. The van der Waals surface area contributed by atoms with E-state index in [9.17, 15) is 14.7 Å². The Labute approximate surface area is 169 Å². The number of likely N-dealkylation sites (tertiary alicyclic amines) is 1. The average molecular weight is 400 g/mol. The zero-order valence-corrected chi connectivity index (χ0v) is 16.8. The van der Waals surface area contributed by atoms with Crippen molar-refractivity contribution < 1.29 is 19.1 Å². The van der Waals surface area contributed by atoms with Crippen molar-refractivity contribution in [1.82, 2.24) is 10.2 Å². The van der Waals surface area contributed by atoms with Crippen LogP contribution in [-0.2, 0) is 11.2 Å². The summed E-state index contributed by atoms with van der Waals surface area (Å²) in [7, 11) is 0. The Morgan fingerprint density at radius 1 is 1.34 bits per heavy atom. The molecule has 0 aliphatic carbocycles. The van der Waals surface area contributed by atoms with Crippen LogP contribution in [0.5, 0.6) is 5.75 Å². The standard InChI is InChI=1S/C22H28N2O5/c1-2-15-9-21(27)29-19-10-17(3-4-18(15)19)28-13-20(26)24-12-16(25)11-22(14-24)5-7-23-8-6-22/h3-4,9-10,16,23,25H,2,5-8,11-14H2,1H3. The first-order valence-corrected chi connectivity index (χ1v) is 10.3. The second-order valence-electron chi connectivity index (χ2n) is 8.27. The monoisotopic (exact) mass is 400 g/mol. The number of carbonyl (C=O) groups is 1. The maximum atomic E-state index is 12.8. The van der Waals surface area contributed by atoms with E-state index >= 15 is 0 Å². The summed E-state index contributed by atoms with van der Waals surface area (Å²) in [6.07, 6.45) is 2.93. The lowest BCUT2D eigenvalue weighted by molar-refractivity contribution is -0.141. The van der Waals surface area contributed by atoms with Crippen LogP contribution >= 0.6 is 0 Å². The minimum absolute atomic E-state index is 0.00147. The van der Waals surface area contributed by atoms with Gasteiger partial charge in [-0.1, -0.05) is 6.92 Å². The Hall–Kier alpha value is -2.38. The molecule has 2 aliphatic heterocycles. The van der Waals surface area contributed by atoms with Crippen molar-refractivity contribution in [3.63, 3.8) is 0 Å². The molecule has 29 heavy (non-hydrogen) atoms. The van der Waals surface area contributed by atoms with E-state index in [1.807, 2.05) is 13.0 Å². The molecule has 156 valence electrons. The summed E-state index contributed by atoms with van der Waals surface area (Å²) >= 11 is 0. The van der Waals surface area contributed by atoms with Crippen molar-refractivity contribution >= 4 is 16.9 Å². The summed E-state index contributed by atoms with van der Waals surface area (Å²) in [4.78, 5) is 26.2. The number of nitrogens with one attached hydrogen (secondary N) is 1. The first-order chi connectivity index (χ1) is 14.0. The molecular formula is C22H28N2O5. The number of amides is 1. The predicted octanol–water partition coefficient (Wildman–Crippen LogP) is 1.70. The topological polar surface area (TPSA) is 92.0 Å². The van der Waals surface area contributed by atoms with Crippen LogP contribution in [0, 0.1) is 5.41 Å². The average Bonchev–Trinajstić information content (AvgIpc) is 2.71.